The molecule has 1 saturated heterocycles. The number of fused-ring (bicyclic) bond motifs is 2. The summed E-state index contributed by atoms with van der Waals surface area (Å²) in [6, 6.07) is 10.2. The summed E-state index contributed by atoms with van der Waals surface area (Å²) >= 11 is 0. The molecule has 15 heavy (non-hydrogen) atoms. The van der Waals surface area contributed by atoms with Crippen LogP contribution in [0, 0.1) is 0 Å². The highest BCUT2D eigenvalue weighted by atomic mass is 15.2. The topological polar surface area (TPSA) is 15.3 Å². The second-order valence-corrected chi connectivity index (χ2v) is 4.75. The van der Waals surface area contributed by atoms with Crippen molar-refractivity contribution in [3.63, 3.8) is 0 Å². The normalized spacial score (nSPS) is 30.7. The number of nitrogens with one attached hydrogen (secondary N) is 1. The first-order valence-electron chi connectivity index (χ1n) is 5.89. The molecule has 0 amide bonds. The Balaban J connectivity index is 1.92. The lowest BCUT2D eigenvalue weighted by Crippen LogP contribution is -2.58. The summed E-state index contributed by atoms with van der Waals surface area (Å²) < 4.78 is 0. The Morgan fingerprint density at radius 1 is 1.27 bits per heavy atom. The third-order valence-corrected chi connectivity index (χ3v) is 3.83. The Kier molecular flexibility index (Phi) is 2.26. The van der Waals surface area contributed by atoms with Crippen molar-refractivity contribution >= 4 is 0 Å². The molecule has 2 aliphatic rings. The molecule has 0 bridgehead atoms. The van der Waals surface area contributed by atoms with E-state index in [0.717, 1.165) is 13.1 Å². The van der Waals surface area contributed by atoms with Crippen LogP contribution >= 0.6 is 0 Å². The Morgan fingerprint density at radius 3 is 2.93 bits per heavy atom. The fraction of sp³-hybridized carbons (Fsp3) is 0.538. The minimum Gasteiger partial charge on any atom is -0.311 e. The second kappa shape index (κ2) is 3.62. The van der Waals surface area contributed by atoms with Gasteiger partial charge in [0.25, 0.3) is 0 Å². The number of rotatable bonds is 0. The highest BCUT2D eigenvalue weighted by Crippen LogP contribution is 2.25. The van der Waals surface area contributed by atoms with Gasteiger partial charge in [-0.1, -0.05) is 24.3 Å². The van der Waals surface area contributed by atoms with Crippen molar-refractivity contribution in [2.45, 2.75) is 32.0 Å². The molecule has 1 aromatic carbocycles. The summed E-state index contributed by atoms with van der Waals surface area (Å²) in [5, 5.41) is 3.57. The summed E-state index contributed by atoms with van der Waals surface area (Å²) in [5.41, 5.74) is 3.08. The molecule has 0 saturated carbocycles. The summed E-state index contributed by atoms with van der Waals surface area (Å²) in [5.74, 6) is 0. The standard InChI is InChI=1S/C13H18N2/c1-10-13-8-11-4-2-3-5-12(11)9-15(13)7-6-14-10/h2-5,10,13-14H,6-9H2,1H3. The van der Waals surface area contributed by atoms with Gasteiger partial charge < -0.3 is 5.32 Å². The lowest BCUT2D eigenvalue weighted by Gasteiger charge is -2.44. The van der Waals surface area contributed by atoms with E-state index in [1.54, 1.807) is 5.56 Å². The van der Waals surface area contributed by atoms with Gasteiger partial charge in [0, 0.05) is 31.7 Å². The Hall–Kier alpha value is -0.860. The smallest absolute Gasteiger partial charge is 0.0291 e. The first-order valence-corrected chi connectivity index (χ1v) is 5.89. The first kappa shape index (κ1) is 9.37. The molecule has 2 aliphatic heterocycles. The van der Waals surface area contributed by atoms with Crippen LogP contribution in [0.4, 0.5) is 0 Å². The SMILES string of the molecule is CC1NCCN2Cc3ccccc3CC12. The average molecular weight is 202 g/mol. The number of hydrogen-bond donors (Lipinski definition) is 1. The lowest BCUT2D eigenvalue weighted by atomic mass is 9.89. The third-order valence-electron chi connectivity index (χ3n) is 3.83. The molecule has 2 heterocycles. The van der Waals surface area contributed by atoms with Gasteiger partial charge in [-0.05, 0) is 24.5 Å². The van der Waals surface area contributed by atoms with Crippen molar-refractivity contribution in [3.8, 4) is 0 Å². The maximum absolute atomic E-state index is 3.57. The van der Waals surface area contributed by atoms with Crippen molar-refractivity contribution in [1.82, 2.24) is 10.2 Å². The minimum absolute atomic E-state index is 0.632. The van der Waals surface area contributed by atoms with E-state index < -0.39 is 0 Å². The van der Waals surface area contributed by atoms with Crippen LogP contribution in [0.3, 0.4) is 0 Å². The maximum Gasteiger partial charge on any atom is 0.0291 e. The van der Waals surface area contributed by atoms with Gasteiger partial charge in [0.2, 0.25) is 0 Å². The zero-order valence-corrected chi connectivity index (χ0v) is 9.24. The molecule has 2 atom stereocenters. The average Bonchev–Trinajstić information content (AvgIpc) is 2.27. The minimum atomic E-state index is 0.632. The van der Waals surface area contributed by atoms with E-state index in [9.17, 15) is 0 Å². The van der Waals surface area contributed by atoms with E-state index in [4.69, 9.17) is 0 Å². The van der Waals surface area contributed by atoms with Gasteiger partial charge in [0.1, 0.15) is 0 Å². The van der Waals surface area contributed by atoms with Crippen molar-refractivity contribution < 1.29 is 0 Å². The first-order chi connectivity index (χ1) is 7.34. The van der Waals surface area contributed by atoms with E-state index in [-0.39, 0.29) is 0 Å². The zero-order chi connectivity index (χ0) is 10.3. The van der Waals surface area contributed by atoms with Crippen LogP contribution in [0.25, 0.3) is 0 Å². The van der Waals surface area contributed by atoms with Gasteiger partial charge in [0.15, 0.2) is 0 Å². The van der Waals surface area contributed by atoms with Gasteiger partial charge in [-0.3, -0.25) is 4.90 Å². The van der Waals surface area contributed by atoms with Crippen molar-refractivity contribution in [2.24, 2.45) is 0 Å². The van der Waals surface area contributed by atoms with Crippen LogP contribution < -0.4 is 5.32 Å². The Bertz CT molecular complexity index is 361. The zero-order valence-electron chi connectivity index (χ0n) is 9.24. The molecule has 3 rings (SSSR count). The molecule has 1 aromatic rings. The van der Waals surface area contributed by atoms with Crippen molar-refractivity contribution in [2.75, 3.05) is 13.1 Å². The molecule has 2 heteroatoms. The summed E-state index contributed by atoms with van der Waals surface area (Å²) in [6.07, 6.45) is 1.21. The third kappa shape index (κ3) is 1.58. The number of piperazine rings is 1. The fourth-order valence-electron chi connectivity index (χ4n) is 2.91. The maximum atomic E-state index is 3.57. The summed E-state index contributed by atoms with van der Waals surface area (Å²) in [4.78, 5) is 2.63. The molecule has 2 nitrogen and oxygen atoms in total. The molecule has 80 valence electrons. The molecule has 0 radical (unpaired) electrons. The summed E-state index contributed by atoms with van der Waals surface area (Å²) in [6.45, 7) is 5.79. The predicted molar refractivity (Wildman–Crippen MR) is 61.8 cm³/mol. The van der Waals surface area contributed by atoms with E-state index in [1.807, 2.05) is 0 Å². The van der Waals surface area contributed by atoms with Gasteiger partial charge in [-0.25, -0.2) is 0 Å². The molecular formula is C13H18N2. The van der Waals surface area contributed by atoms with Gasteiger partial charge in [-0.15, -0.1) is 0 Å². The van der Waals surface area contributed by atoms with E-state index in [2.05, 4.69) is 41.4 Å². The monoisotopic (exact) mass is 202 g/mol. The van der Waals surface area contributed by atoms with Crippen LogP contribution in [0.5, 0.6) is 0 Å². The fourth-order valence-corrected chi connectivity index (χ4v) is 2.91. The largest absolute Gasteiger partial charge is 0.311 e. The van der Waals surface area contributed by atoms with Crippen molar-refractivity contribution in [1.29, 1.82) is 0 Å². The highest BCUT2D eigenvalue weighted by molar-refractivity contribution is 5.30. The van der Waals surface area contributed by atoms with Crippen LogP contribution in [0.1, 0.15) is 18.1 Å². The number of hydrogen-bond acceptors (Lipinski definition) is 2. The van der Waals surface area contributed by atoms with Crippen LogP contribution in [0.15, 0.2) is 24.3 Å². The Morgan fingerprint density at radius 2 is 2.07 bits per heavy atom. The number of benzene rings is 1. The molecule has 0 aromatic heterocycles. The number of nitrogens with zero attached hydrogens (tertiary/aromatic N) is 1. The lowest BCUT2D eigenvalue weighted by molar-refractivity contribution is 0.107. The second-order valence-electron chi connectivity index (χ2n) is 4.75. The van der Waals surface area contributed by atoms with Crippen molar-refractivity contribution in [3.05, 3.63) is 35.4 Å². The molecular weight excluding hydrogens is 184 g/mol. The predicted octanol–water partition coefficient (Wildman–Crippen LogP) is 1.40. The highest BCUT2D eigenvalue weighted by Gasteiger charge is 2.32. The molecule has 0 spiro atoms. The van der Waals surface area contributed by atoms with Crippen LogP contribution in [-0.4, -0.2) is 30.1 Å². The molecule has 1 N–H and O–H groups in total. The van der Waals surface area contributed by atoms with E-state index in [0.29, 0.717) is 12.1 Å². The molecule has 1 fully saturated rings. The van der Waals surface area contributed by atoms with Gasteiger partial charge in [-0.2, -0.15) is 0 Å². The van der Waals surface area contributed by atoms with Crippen LogP contribution in [-0.2, 0) is 13.0 Å². The quantitative estimate of drug-likeness (QED) is 0.684. The van der Waals surface area contributed by atoms with Crippen LogP contribution in [0.2, 0.25) is 0 Å². The Labute approximate surface area is 91.3 Å². The summed E-state index contributed by atoms with van der Waals surface area (Å²) in [7, 11) is 0. The molecule has 2 unspecified atom stereocenters. The molecule has 0 aliphatic carbocycles. The van der Waals surface area contributed by atoms with Gasteiger partial charge >= 0.3 is 0 Å². The van der Waals surface area contributed by atoms with E-state index >= 15 is 0 Å². The van der Waals surface area contributed by atoms with Gasteiger partial charge in [0.05, 0.1) is 0 Å². The van der Waals surface area contributed by atoms with E-state index in [1.165, 1.54) is 18.5 Å².